The van der Waals surface area contributed by atoms with Crippen LogP contribution in [0.5, 0.6) is 0 Å². The molecule has 0 fully saturated rings. The molecule has 0 atom stereocenters. The predicted molar refractivity (Wildman–Crippen MR) is 90.7 cm³/mol. The van der Waals surface area contributed by atoms with E-state index in [-0.39, 0.29) is 5.91 Å². The molecule has 1 aromatic heterocycles. The number of amidine groups is 1. The van der Waals surface area contributed by atoms with Crippen LogP contribution in [0.25, 0.3) is 11.4 Å². The summed E-state index contributed by atoms with van der Waals surface area (Å²) in [6.45, 7) is 5.35. The van der Waals surface area contributed by atoms with Crippen molar-refractivity contribution in [3.8, 4) is 11.4 Å². The number of rotatable bonds is 3. The first-order chi connectivity index (χ1) is 11.0. The highest BCUT2D eigenvalue weighted by Gasteiger charge is 2.18. The van der Waals surface area contributed by atoms with Gasteiger partial charge in [0.2, 0.25) is 11.7 Å². The maximum atomic E-state index is 11.6. The molecule has 116 valence electrons. The fourth-order valence-corrected chi connectivity index (χ4v) is 2.61. The number of hydrogen-bond acceptors (Lipinski definition) is 6. The third kappa shape index (κ3) is 3.57. The van der Waals surface area contributed by atoms with Crippen molar-refractivity contribution in [2.24, 2.45) is 9.98 Å². The zero-order chi connectivity index (χ0) is 16.4. The zero-order valence-corrected chi connectivity index (χ0v) is 13.7. The zero-order valence-electron chi connectivity index (χ0n) is 12.1. The Bertz CT molecular complexity index is 839. The lowest BCUT2D eigenvalue weighted by molar-refractivity contribution is -0.113. The molecule has 23 heavy (non-hydrogen) atoms. The second kappa shape index (κ2) is 6.47. The SMILES string of the molecule is C=C1C(=O)N=C(SCc2nc(-c3ccc(Cl)cc3)no2)N=C1C. The summed E-state index contributed by atoms with van der Waals surface area (Å²) < 4.78 is 5.19. The average molecular weight is 347 g/mol. The maximum Gasteiger partial charge on any atom is 0.280 e. The normalized spacial score (nSPS) is 14.7. The highest BCUT2D eigenvalue weighted by atomic mass is 35.5. The molecule has 2 aromatic rings. The molecular weight excluding hydrogens is 336 g/mol. The minimum absolute atomic E-state index is 0.317. The maximum absolute atomic E-state index is 11.6. The number of benzene rings is 1. The molecule has 2 heterocycles. The van der Waals surface area contributed by atoms with Crippen molar-refractivity contribution >= 4 is 40.1 Å². The third-order valence-electron chi connectivity index (χ3n) is 3.05. The summed E-state index contributed by atoms with van der Waals surface area (Å²) in [5.74, 6) is 0.905. The molecule has 6 nitrogen and oxygen atoms in total. The highest BCUT2D eigenvalue weighted by molar-refractivity contribution is 8.13. The van der Waals surface area contributed by atoms with Gasteiger partial charge in [-0.05, 0) is 31.2 Å². The van der Waals surface area contributed by atoms with Crippen LogP contribution < -0.4 is 0 Å². The van der Waals surface area contributed by atoms with Gasteiger partial charge in [-0.25, -0.2) is 4.99 Å². The van der Waals surface area contributed by atoms with E-state index in [4.69, 9.17) is 16.1 Å². The van der Waals surface area contributed by atoms with Crippen molar-refractivity contribution in [2.45, 2.75) is 12.7 Å². The first kappa shape index (κ1) is 15.6. The molecule has 1 aliphatic heterocycles. The van der Waals surface area contributed by atoms with Crippen molar-refractivity contribution in [1.29, 1.82) is 0 Å². The summed E-state index contributed by atoms with van der Waals surface area (Å²) in [5, 5.41) is 4.93. The van der Waals surface area contributed by atoms with Crippen LogP contribution in [0.1, 0.15) is 12.8 Å². The van der Waals surface area contributed by atoms with Gasteiger partial charge in [-0.3, -0.25) is 4.79 Å². The van der Waals surface area contributed by atoms with Crippen molar-refractivity contribution in [2.75, 3.05) is 0 Å². The summed E-state index contributed by atoms with van der Waals surface area (Å²) in [6.07, 6.45) is 0. The number of carbonyl (C=O) groups excluding carboxylic acids is 1. The second-order valence-electron chi connectivity index (χ2n) is 4.68. The fraction of sp³-hybridized carbons (Fsp3) is 0.133. The predicted octanol–water partition coefficient (Wildman–Crippen LogP) is 3.54. The lowest BCUT2D eigenvalue weighted by Gasteiger charge is -2.08. The van der Waals surface area contributed by atoms with Gasteiger partial charge in [0.1, 0.15) is 0 Å². The van der Waals surface area contributed by atoms with Gasteiger partial charge in [0.25, 0.3) is 5.91 Å². The minimum atomic E-state index is -0.368. The van der Waals surface area contributed by atoms with E-state index in [1.807, 2.05) is 12.1 Å². The molecule has 0 aliphatic carbocycles. The smallest absolute Gasteiger partial charge is 0.280 e. The van der Waals surface area contributed by atoms with E-state index in [0.29, 0.717) is 38.9 Å². The Morgan fingerprint density at radius 2 is 2.00 bits per heavy atom. The molecule has 1 amide bonds. The van der Waals surface area contributed by atoms with Gasteiger partial charge in [-0.15, -0.1) is 0 Å². The van der Waals surface area contributed by atoms with Crippen molar-refractivity contribution < 1.29 is 9.32 Å². The number of carbonyl (C=O) groups is 1. The Labute approximate surface area is 141 Å². The van der Waals surface area contributed by atoms with E-state index in [1.165, 1.54) is 11.8 Å². The molecule has 0 N–H and O–H groups in total. The van der Waals surface area contributed by atoms with Crippen LogP contribution in [0, 0.1) is 0 Å². The Morgan fingerprint density at radius 1 is 1.26 bits per heavy atom. The first-order valence-corrected chi connectivity index (χ1v) is 7.98. The molecule has 1 aliphatic rings. The number of amides is 1. The number of nitrogens with zero attached hydrogens (tertiary/aromatic N) is 4. The Hall–Kier alpha value is -2.25. The molecule has 0 spiro atoms. The lowest BCUT2D eigenvalue weighted by Crippen LogP contribution is -2.15. The van der Waals surface area contributed by atoms with Gasteiger partial charge in [-0.1, -0.05) is 35.1 Å². The number of aliphatic imine (C=N–C) groups is 2. The first-order valence-electron chi connectivity index (χ1n) is 6.62. The van der Waals surface area contributed by atoms with Crippen LogP contribution in [-0.2, 0) is 10.5 Å². The molecule has 0 unspecified atom stereocenters. The van der Waals surface area contributed by atoms with E-state index in [0.717, 1.165) is 5.56 Å². The van der Waals surface area contributed by atoms with Crippen LogP contribution in [0.4, 0.5) is 0 Å². The van der Waals surface area contributed by atoms with Crippen LogP contribution in [0.2, 0.25) is 5.02 Å². The Kier molecular flexibility index (Phi) is 4.40. The van der Waals surface area contributed by atoms with Crippen LogP contribution >= 0.6 is 23.4 Å². The highest BCUT2D eigenvalue weighted by Crippen LogP contribution is 2.22. The molecule has 0 radical (unpaired) electrons. The van der Waals surface area contributed by atoms with E-state index >= 15 is 0 Å². The number of hydrogen-bond donors (Lipinski definition) is 0. The molecule has 8 heteroatoms. The number of halogens is 1. The van der Waals surface area contributed by atoms with Crippen molar-refractivity contribution in [3.05, 3.63) is 47.3 Å². The number of aromatic nitrogens is 2. The minimum Gasteiger partial charge on any atom is -0.338 e. The van der Waals surface area contributed by atoms with Crippen molar-refractivity contribution in [1.82, 2.24) is 10.1 Å². The van der Waals surface area contributed by atoms with Gasteiger partial charge in [0.05, 0.1) is 17.0 Å². The lowest BCUT2D eigenvalue weighted by atomic mass is 10.2. The summed E-state index contributed by atoms with van der Waals surface area (Å²) in [5.41, 5.74) is 1.70. The summed E-state index contributed by atoms with van der Waals surface area (Å²) >= 11 is 7.10. The molecule has 1 aromatic carbocycles. The van der Waals surface area contributed by atoms with Crippen LogP contribution in [-0.4, -0.2) is 26.9 Å². The van der Waals surface area contributed by atoms with E-state index in [2.05, 4.69) is 26.7 Å². The summed E-state index contributed by atoms with van der Waals surface area (Å²) in [6, 6.07) is 7.14. The molecular formula is C15H11ClN4O2S. The van der Waals surface area contributed by atoms with Crippen LogP contribution in [0.15, 0.2) is 50.9 Å². The van der Waals surface area contributed by atoms with Gasteiger partial charge in [-0.2, -0.15) is 9.98 Å². The van der Waals surface area contributed by atoms with Gasteiger partial charge >= 0.3 is 0 Å². The topological polar surface area (TPSA) is 80.7 Å². The molecule has 0 saturated carbocycles. The second-order valence-corrected chi connectivity index (χ2v) is 6.06. The average Bonchev–Trinajstić information content (AvgIpc) is 3.00. The fourth-order valence-electron chi connectivity index (χ4n) is 1.77. The number of thioether (sulfide) groups is 1. The van der Waals surface area contributed by atoms with Crippen molar-refractivity contribution in [3.63, 3.8) is 0 Å². The molecule has 3 rings (SSSR count). The molecule has 0 bridgehead atoms. The van der Waals surface area contributed by atoms with Gasteiger partial charge < -0.3 is 4.52 Å². The van der Waals surface area contributed by atoms with E-state index in [9.17, 15) is 4.79 Å². The standard InChI is InChI=1S/C15H11ClN4O2S/c1-8-9(2)17-15(19-14(8)21)23-7-12-18-13(20-22-12)10-3-5-11(16)6-4-10/h3-6H,1,7H2,2H3. The Balaban J connectivity index is 1.68. The monoisotopic (exact) mass is 346 g/mol. The van der Waals surface area contributed by atoms with Gasteiger partial charge in [0, 0.05) is 10.6 Å². The van der Waals surface area contributed by atoms with E-state index < -0.39 is 0 Å². The summed E-state index contributed by atoms with van der Waals surface area (Å²) in [7, 11) is 0. The Morgan fingerprint density at radius 3 is 2.70 bits per heavy atom. The van der Waals surface area contributed by atoms with E-state index in [1.54, 1.807) is 19.1 Å². The quantitative estimate of drug-likeness (QED) is 0.794. The molecule has 0 saturated heterocycles. The van der Waals surface area contributed by atoms with Gasteiger partial charge in [0.15, 0.2) is 5.17 Å². The third-order valence-corrected chi connectivity index (χ3v) is 4.13. The van der Waals surface area contributed by atoms with Crippen LogP contribution in [0.3, 0.4) is 0 Å². The summed E-state index contributed by atoms with van der Waals surface area (Å²) in [4.78, 5) is 24.0. The largest absolute Gasteiger partial charge is 0.338 e.